The van der Waals surface area contributed by atoms with Gasteiger partial charge in [-0.15, -0.1) is 0 Å². The van der Waals surface area contributed by atoms with E-state index in [-0.39, 0.29) is 12.4 Å². The van der Waals surface area contributed by atoms with E-state index in [2.05, 4.69) is 0 Å². The van der Waals surface area contributed by atoms with E-state index in [1.165, 1.54) is 0 Å². The molecule has 0 N–H and O–H groups in total. The molecule has 0 saturated heterocycles. The van der Waals surface area contributed by atoms with Gasteiger partial charge in [0.2, 0.25) is 0 Å². The molecule has 4 heteroatoms. The van der Waals surface area contributed by atoms with Gasteiger partial charge in [-0.2, -0.15) is 0 Å². The molecule has 0 saturated carbocycles. The lowest BCUT2D eigenvalue weighted by molar-refractivity contribution is -0.142. The van der Waals surface area contributed by atoms with Gasteiger partial charge in [0.1, 0.15) is 0 Å². The number of hydrogen-bond donors (Lipinski definition) is 0. The van der Waals surface area contributed by atoms with Gasteiger partial charge >= 0.3 is 5.97 Å². The maximum absolute atomic E-state index is 11.2. The number of aryl methyl sites for hydroxylation is 1. The number of benzene rings is 1. The highest BCUT2D eigenvalue weighted by Crippen LogP contribution is 2.29. The standard InChI is InChI=1S/C11H12Cl2O2/c1-3-15-9(14)6-8-5-4-7(2)10(12)11(8)13/h4-5H,3,6H2,1-2H3. The largest absolute Gasteiger partial charge is 0.466 e. The fraction of sp³-hybridized carbons (Fsp3) is 0.364. The van der Waals surface area contributed by atoms with Crippen molar-refractivity contribution in [3.05, 3.63) is 33.3 Å². The number of carbonyl (C=O) groups excluding carboxylic acids is 1. The lowest BCUT2D eigenvalue weighted by atomic mass is 10.1. The Morgan fingerprint density at radius 3 is 2.60 bits per heavy atom. The first kappa shape index (κ1) is 12.3. The smallest absolute Gasteiger partial charge is 0.310 e. The highest BCUT2D eigenvalue weighted by molar-refractivity contribution is 6.43. The van der Waals surface area contributed by atoms with Crippen molar-refractivity contribution in [3.63, 3.8) is 0 Å². The molecule has 0 aliphatic carbocycles. The minimum absolute atomic E-state index is 0.159. The van der Waals surface area contributed by atoms with E-state index >= 15 is 0 Å². The summed E-state index contributed by atoms with van der Waals surface area (Å²) in [4.78, 5) is 11.2. The predicted octanol–water partition coefficient (Wildman–Crippen LogP) is 3.41. The zero-order chi connectivity index (χ0) is 11.4. The van der Waals surface area contributed by atoms with Crippen molar-refractivity contribution < 1.29 is 9.53 Å². The second kappa shape index (κ2) is 5.38. The van der Waals surface area contributed by atoms with E-state index in [4.69, 9.17) is 27.9 Å². The Kier molecular flexibility index (Phi) is 4.43. The van der Waals surface area contributed by atoms with Crippen LogP contribution in [0.3, 0.4) is 0 Å². The average Bonchev–Trinajstić information content (AvgIpc) is 2.20. The van der Waals surface area contributed by atoms with Gasteiger partial charge in [-0.25, -0.2) is 0 Å². The fourth-order valence-corrected chi connectivity index (χ4v) is 1.65. The van der Waals surface area contributed by atoms with Gasteiger partial charge in [-0.3, -0.25) is 4.79 Å². The Morgan fingerprint density at radius 2 is 2.00 bits per heavy atom. The summed E-state index contributed by atoms with van der Waals surface area (Å²) in [6.45, 7) is 4.00. The van der Waals surface area contributed by atoms with E-state index in [0.29, 0.717) is 22.2 Å². The first-order chi connectivity index (χ1) is 7.06. The van der Waals surface area contributed by atoms with Gasteiger partial charge in [-0.05, 0) is 25.0 Å². The zero-order valence-electron chi connectivity index (χ0n) is 8.64. The van der Waals surface area contributed by atoms with Crippen molar-refractivity contribution in [1.82, 2.24) is 0 Å². The summed E-state index contributed by atoms with van der Waals surface area (Å²) in [6, 6.07) is 3.63. The van der Waals surface area contributed by atoms with Crippen LogP contribution in [-0.4, -0.2) is 12.6 Å². The molecule has 0 aliphatic heterocycles. The van der Waals surface area contributed by atoms with E-state index in [1.54, 1.807) is 13.0 Å². The molecule has 1 aromatic carbocycles. The van der Waals surface area contributed by atoms with Crippen molar-refractivity contribution >= 4 is 29.2 Å². The second-order valence-electron chi connectivity index (χ2n) is 3.15. The summed E-state index contributed by atoms with van der Waals surface area (Å²) >= 11 is 12.0. The van der Waals surface area contributed by atoms with Crippen LogP contribution in [0.4, 0.5) is 0 Å². The van der Waals surface area contributed by atoms with Crippen molar-refractivity contribution in [2.45, 2.75) is 20.3 Å². The first-order valence-electron chi connectivity index (χ1n) is 4.65. The number of hydrogen-bond acceptors (Lipinski definition) is 2. The molecule has 82 valence electrons. The Balaban J connectivity index is 2.87. The molecule has 2 nitrogen and oxygen atoms in total. The molecule has 1 aromatic rings. The SMILES string of the molecule is CCOC(=O)Cc1ccc(C)c(Cl)c1Cl. The Labute approximate surface area is 99.1 Å². The lowest BCUT2D eigenvalue weighted by Crippen LogP contribution is -2.08. The number of carbonyl (C=O) groups is 1. The number of rotatable bonds is 3. The van der Waals surface area contributed by atoms with Gasteiger partial charge < -0.3 is 4.74 Å². The molecule has 0 spiro atoms. The maximum atomic E-state index is 11.2. The fourth-order valence-electron chi connectivity index (χ4n) is 1.19. The van der Waals surface area contributed by atoms with E-state index in [1.807, 2.05) is 13.0 Å². The van der Waals surface area contributed by atoms with Crippen molar-refractivity contribution in [2.75, 3.05) is 6.61 Å². The predicted molar refractivity (Wildman–Crippen MR) is 61.5 cm³/mol. The average molecular weight is 247 g/mol. The van der Waals surface area contributed by atoms with E-state index in [0.717, 1.165) is 5.56 Å². The van der Waals surface area contributed by atoms with Crippen LogP contribution in [-0.2, 0) is 16.0 Å². The third-order valence-electron chi connectivity index (χ3n) is 2.00. The highest BCUT2D eigenvalue weighted by Gasteiger charge is 2.11. The van der Waals surface area contributed by atoms with Gasteiger partial charge in [0.15, 0.2) is 0 Å². The normalized spacial score (nSPS) is 10.1. The van der Waals surface area contributed by atoms with Crippen LogP contribution in [0.15, 0.2) is 12.1 Å². The number of esters is 1. The quantitative estimate of drug-likeness (QED) is 0.765. The number of ether oxygens (including phenoxy) is 1. The van der Waals surface area contributed by atoms with Crippen LogP contribution < -0.4 is 0 Å². The van der Waals surface area contributed by atoms with Crippen LogP contribution in [0.2, 0.25) is 10.0 Å². The molecule has 1 rings (SSSR count). The molecule has 0 amide bonds. The van der Waals surface area contributed by atoms with Crippen molar-refractivity contribution in [3.8, 4) is 0 Å². The number of halogens is 2. The molecule has 0 radical (unpaired) electrons. The molecule has 0 bridgehead atoms. The molecule has 15 heavy (non-hydrogen) atoms. The van der Waals surface area contributed by atoms with Gasteiger partial charge in [0.25, 0.3) is 0 Å². The van der Waals surface area contributed by atoms with E-state index < -0.39 is 0 Å². The third kappa shape index (κ3) is 3.11. The lowest BCUT2D eigenvalue weighted by Gasteiger charge is -2.07. The molecule has 0 unspecified atom stereocenters. The first-order valence-corrected chi connectivity index (χ1v) is 5.41. The zero-order valence-corrected chi connectivity index (χ0v) is 10.2. The van der Waals surface area contributed by atoms with E-state index in [9.17, 15) is 4.79 Å². The summed E-state index contributed by atoms with van der Waals surface area (Å²) in [7, 11) is 0. The van der Waals surface area contributed by atoms with Crippen molar-refractivity contribution in [1.29, 1.82) is 0 Å². The Morgan fingerprint density at radius 1 is 1.33 bits per heavy atom. The van der Waals surface area contributed by atoms with Gasteiger partial charge in [0, 0.05) is 0 Å². The third-order valence-corrected chi connectivity index (χ3v) is 3.01. The van der Waals surface area contributed by atoms with Crippen LogP contribution in [0, 0.1) is 6.92 Å². The molecule has 0 fully saturated rings. The summed E-state index contributed by atoms with van der Waals surface area (Å²) < 4.78 is 4.83. The summed E-state index contributed by atoms with van der Waals surface area (Å²) in [5, 5.41) is 0.934. The molecular weight excluding hydrogens is 235 g/mol. The van der Waals surface area contributed by atoms with Gasteiger partial charge in [-0.1, -0.05) is 35.3 Å². The molecule has 0 aromatic heterocycles. The van der Waals surface area contributed by atoms with Crippen molar-refractivity contribution in [2.24, 2.45) is 0 Å². The topological polar surface area (TPSA) is 26.3 Å². The molecular formula is C11H12Cl2O2. The summed E-state index contributed by atoms with van der Waals surface area (Å²) in [6.07, 6.45) is 0.159. The Hall–Kier alpha value is -0.730. The molecule has 0 heterocycles. The second-order valence-corrected chi connectivity index (χ2v) is 3.91. The van der Waals surface area contributed by atoms with Crippen LogP contribution in [0.1, 0.15) is 18.1 Å². The Bertz CT molecular complexity index is 375. The maximum Gasteiger partial charge on any atom is 0.310 e. The highest BCUT2D eigenvalue weighted by atomic mass is 35.5. The molecule has 0 atom stereocenters. The summed E-state index contributed by atoms with van der Waals surface area (Å²) in [5.41, 5.74) is 1.60. The monoisotopic (exact) mass is 246 g/mol. The minimum Gasteiger partial charge on any atom is -0.466 e. The van der Waals surface area contributed by atoms with Crippen LogP contribution in [0.5, 0.6) is 0 Å². The van der Waals surface area contributed by atoms with Gasteiger partial charge in [0.05, 0.1) is 23.1 Å². The minimum atomic E-state index is -0.292. The summed E-state index contributed by atoms with van der Waals surface area (Å²) in [5.74, 6) is -0.292. The van der Waals surface area contributed by atoms with Crippen LogP contribution >= 0.6 is 23.2 Å². The molecule has 0 aliphatic rings. The van der Waals surface area contributed by atoms with Crippen LogP contribution in [0.25, 0.3) is 0 Å².